The average molecular weight is 231 g/mol. The summed E-state index contributed by atoms with van der Waals surface area (Å²) >= 11 is 0. The summed E-state index contributed by atoms with van der Waals surface area (Å²) in [6.45, 7) is 0. The summed E-state index contributed by atoms with van der Waals surface area (Å²) in [5.74, 6) is -0.190. The predicted molar refractivity (Wildman–Crippen MR) is 61.6 cm³/mol. The zero-order valence-corrected chi connectivity index (χ0v) is 9.18. The second-order valence-corrected chi connectivity index (χ2v) is 3.38. The van der Waals surface area contributed by atoms with Gasteiger partial charge >= 0.3 is 0 Å². The minimum absolute atomic E-state index is 0.0128. The number of methoxy groups -OCH3 is 1. The molecule has 0 bridgehead atoms. The molecule has 0 N–H and O–H groups in total. The van der Waals surface area contributed by atoms with Crippen LogP contribution in [0.2, 0.25) is 0 Å². The smallest absolute Gasteiger partial charge is 0.221 e. The number of hydrogen-bond acceptors (Lipinski definition) is 3. The van der Waals surface area contributed by atoms with Gasteiger partial charge in [0.15, 0.2) is 6.29 Å². The van der Waals surface area contributed by atoms with Crippen molar-refractivity contribution in [1.29, 1.82) is 0 Å². The lowest BCUT2D eigenvalue weighted by atomic mass is 10.0. The molecule has 17 heavy (non-hydrogen) atoms. The molecule has 2 aromatic rings. The Morgan fingerprint density at radius 3 is 2.71 bits per heavy atom. The van der Waals surface area contributed by atoms with Crippen LogP contribution in [0, 0.1) is 5.82 Å². The van der Waals surface area contributed by atoms with Gasteiger partial charge in [-0.3, -0.25) is 4.79 Å². The van der Waals surface area contributed by atoms with Crippen molar-refractivity contribution in [1.82, 2.24) is 4.98 Å². The Bertz CT molecular complexity index is 555. The Balaban J connectivity index is 2.68. The summed E-state index contributed by atoms with van der Waals surface area (Å²) in [7, 11) is 1.48. The molecule has 0 radical (unpaired) electrons. The first-order chi connectivity index (χ1) is 8.27. The second-order valence-electron chi connectivity index (χ2n) is 3.38. The van der Waals surface area contributed by atoms with Gasteiger partial charge in [-0.25, -0.2) is 9.37 Å². The third-order valence-electron chi connectivity index (χ3n) is 2.43. The lowest BCUT2D eigenvalue weighted by Gasteiger charge is -2.09. The van der Waals surface area contributed by atoms with Crippen LogP contribution < -0.4 is 4.74 Å². The van der Waals surface area contributed by atoms with Gasteiger partial charge < -0.3 is 4.74 Å². The summed E-state index contributed by atoms with van der Waals surface area (Å²) in [4.78, 5) is 14.9. The largest absolute Gasteiger partial charge is 0.481 e. The van der Waals surface area contributed by atoms with Crippen molar-refractivity contribution in [3.8, 4) is 17.0 Å². The molecule has 0 amide bonds. The fraction of sp³-hybridized carbons (Fsp3) is 0.0769. The molecule has 0 aliphatic rings. The summed E-state index contributed by atoms with van der Waals surface area (Å²) in [5.41, 5.74) is 1.08. The zero-order valence-electron chi connectivity index (χ0n) is 9.18. The van der Waals surface area contributed by atoms with Gasteiger partial charge in [0.05, 0.1) is 12.7 Å². The van der Waals surface area contributed by atoms with E-state index >= 15 is 0 Å². The highest BCUT2D eigenvalue weighted by Gasteiger charge is 2.13. The van der Waals surface area contributed by atoms with E-state index in [4.69, 9.17) is 4.74 Å². The van der Waals surface area contributed by atoms with Gasteiger partial charge in [0.2, 0.25) is 5.88 Å². The number of aromatic nitrogens is 1. The van der Waals surface area contributed by atoms with Crippen molar-refractivity contribution < 1.29 is 13.9 Å². The standard InChI is InChI=1S/C13H10FNO2/c1-17-13-10(5-3-7-15-13)9-4-2-6-12(14)11(9)8-16/h2-8H,1H3. The molecule has 0 fully saturated rings. The van der Waals surface area contributed by atoms with Gasteiger partial charge in [-0.05, 0) is 18.2 Å². The summed E-state index contributed by atoms with van der Waals surface area (Å²) in [5, 5.41) is 0. The van der Waals surface area contributed by atoms with Crippen LogP contribution in [0.1, 0.15) is 10.4 Å². The fourth-order valence-electron chi connectivity index (χ4n) is 1.65. The van der Waals surface area contributed by atoms with Gasteiger partial charge in [0, 0.05) is 17.3 Å². The van der Waals surface area contributed by atoms with Crippen molar-refractivity contribution >= 4 is 6.29 Å². The molecule has 0 aliphatic carbocycles. The number of hydrogen-bond donors (Lipinski definition) is 0. The molecule has 0 saturated heterocycles. The minimum Gasteiger partial charge on any atom is -0.481 e. The van der Waals surface area contributed by atoms with Gasteiger partial charge in [-0.1, -0.05) is 12.1 Å². The summed E-state index contributed by atoms with van der Waals surface area (Å²) < 4.78 is 18.6. The quantitative estimate of drug-likeness (QED) is 0.762. The summed E-state index contributed by atoms with van der Waals surface area (Å²) in [6, 6.07) is 7.89. The number of rotatable bonds is 3. The monoisotopic (exact) mass is 231 g/mol. The topological polar surface area (TPSA) is 39.2 Å². The number of benzene rings is 1. The van der Waals surface area contributed by atoms with E-state index in [2.05, 4.69) is 4.98 Å². The molecule has 1 heterocycles. The van der Waals surface area contributed by atoms with E-state index < -0.39 is 5.82 Å². The van der Waals surface area contributed by atoms with Crippen molar-refractivity contribution in [2.45, 2.75) is 0 Å². The number of halogens is 1. The lowest BCUT2D eigenvalue weighted by Crippen LogP contribution is -1.96. The normalized spacial score (nSPS) is 10.0. The first kappa shape index (κ1) is 11.3. The third kappa shape index (κ3) is 2.01. The molecule has 0 atom stereocenters. The van der Waals surface area contributed by atoms with E-state index in [0.29, 0.717) is 23.3 Å². The minimum atomic E-state index is -0.552. The number of aldehydes is 1. The molecule has 86 valence electrons. The Kier molecular flexibility index (Phi) is 3.14. The average Bonchev–Trinajstić information content (AvgIpc) is 2.38. The van der Waals surface area contributed by atoms with Crippen LogP contribution in [0.3, 0.4) is 0 Å². The highest BCUT2D eigenvalue weighted by Crippen LogP contribution is 2.30. The van der Waals surface area contributed by atoms with Gasteiger partial charge in [-0.2, -0.15) is 0 Å². The van der Waals surface area contributed by atoms with Crippen molar-refractivity contribution in [3.63, 3.8) is 0 Å². The van der Waals surface area contributed by atoms with Crippen molar-refractivity contribution in [3.05, 3.63) is 47.9 Å². The first-order valence-corrected chi connectivity index (χ1v) is 5.01. The predicted octanol–water partition coefficient (Wildman–Crippen LogP) is 2.71. The SMILES string of the molecule is COc1ncccc1-c1cccc(F)c1C=O. The van der Waals surface area contributed by atoms with E-state index in [9.17, 15) is 9.18 Å². The number of ether oxygens (including phenoxy) is 1. The van der Waals surface area contributed by atoms with Crippen LogP contribution in [0.15, 0.2) is 36.5 Å². The number of nitrogens with zero attached hydrogens (tertiary/aromatic N) is 1. The fourth-order valence-corrected chi connectivity index (χ4v) is 1.65. The van der Waals surface area contributed by atoms with E-state index in [0.717, 1.165) is 0 Å². The first-order valence-electron chi connectivity index (χ1n) is 5.01. The van der Waals surface area contributed by atoms with Gasteiger partial charge in [0.1, 0.15) is 5.82 Å². The Labute approximate surface area is 97.9 Å². The van der Waals surface area contributed by atoms with E-state index in [1.807, 2.05) is 0 Å². The zero-order chi connectivity index (χ0) is 12.3. The van der Waals surface area contributed by atoms with Crippen LogP contribution in [-0.4, -0.2) is 18.4 Å². The lowest BCUT2D eigenvalue weighted by molar-refractivity contribution is 0.112. The molecule has 1 aromatic heterocycles. The number of carbonyl (C=O) groups excluding carboxylic acids is 1. The number of carbonyl (C=O) groups is 1. The maximum atomic E-state index is 13.5. The van der Waals surface area contributed by atoms with Crippen LogP contribution >= 0.6 is 0 Å². The number of pyridine rings is 1. The van der Waals surface area contributed by atoms with Gasteiger partial charge in [-0.15, -0.1) is 0 Å². The van der Waals surface area contributed by atoms with E-state index in [-0.39, 0.29) is 5.56 Å². The maximum Gasteiger partial charge on any atom is 0.221 e. The molecule has 1 aromatic carbocycles. The highest BCUT2D eigenvalue weighted by molar-refractivity contribution is 5.89. The van der Waals surface area contributed by atoms with Crippen molar-refractivity contribution in [2.24, 2.45) is 0 Å². The van der Waals surface area contributed by atoms with Crippen LogP contribution in [0.5, 0.6) is 5.88 Å². The van der Waals surface area contributed by atoms with Crippen LogP contribution in [-0.2, 0) is 0 Å². The van der Waals surface area contributed by atoms with E-state index in [1.165, 1.54) is 13.2 Å². The highest BCUT2D eigenvalue weighted by atomic mass is 19.1. The second kappa shape index (κ2) is 4.74. The Hall–Kier alpha value is -2.23. The van der Waals surface area contributed by atoms with Crippen molar-refractivity contribution in [2.75, 3.05) is 7.11 Å². The molecule has 0 saturated carbocycles. The molecule has 0 spiro atoms. The third-order valence-corrected chi connectivity index (χ3v) is 2.43. The van der Waals surface area contributed by atoms with E-state index in [1.54, 1.807) is 30.5 Å². The molecule has 4 heteroatoms. The molecule has 0 aliphatic heterocycles. The van der Waals surface area contributed by atoms with Gasteiger partial charge in [0.25, 0.3) is 0 Å². The summed E-state index contributed by atoms with van der Waals surface area (Å²) in [6.07, 6.45) is 2.07. The Morgan fingerprint density at radius 1 is 1.24 bits per heavy atom. The molecule has 2 rings (SSSR count). The molecular formula is C13H10FNO2. The van der Waals surface area contributed by atoms with Crippen LogP contribution in [0.25, 0.3) is 11.1 Å². The maximum absolute atomic E-state index is 13.5. The molecule has 0 unspecified atom stereocenters. The molecular weight excluding hydrogens is 221 g/mol. The molecule has 3 nitrogen and oxygen atoms in total. The van der Waals surface area contributed by atoms with Crippen LogP contribution in [0.4, 0.5) is 4.39 Å². The Morgan fingerprint density at radius 2 is 2.00 bits per heavy atom.